The minimum Gasteiger partial charge on any atom is -0.497 e. The second-order valence-corrected chi connectivity index (χ2v) is 5.29. The average molecular weight is 263 g/mol. The highest BCUT2D eigenvalue weighted by Gasteiger charge is 2.31. The number of hydrogen-bond acceptors (Lipinski definition) is 3. The lowest BCUT2D eigenvalue weighted by atomic mass is 10.1. The summed E-state index contributed by atoms with van der Waals surface area (Å²) >= 11 is 0. The molecule has 1 aromatic carbocycles. The van der Waals surface area contributed by atoms with Crippen LogP contribution in [0.2, 0.25) is 0 Å². The maximum Gasteiger partial charge on any atom is 0.303 e. The van der Waals surface area contributed by atoms with Gasteiger partial charge in [-0.1, -0.05) is 0 Å². The molecule has 0 radical (unpaired) electrons. The monoisotopic (exact) mass is 263 g/mol. The molecule has 1 N–H and O–H groups in total. The molecule has 0 saturated heterocycles. The van der Waals surface area contributed by atoms with E-state index in [4.69, 9.17) is 9.84 Å². The Hall–Kier alpha value is -1.71. The highest BCUT2D eigenvalue weighted by molar-refractivity contribution is 5.67. The Balaban J connectivity index is 2.23. The van der Waals surface area contributed by atoms with Crippen molar-refractivity contribution in [1.82, 2.24) is 0 Å². The van der Waals surface area contributed by atoms with E-state index < -0.39 is 5.97 Å². The molecule has 0 aromatic heterocycles. The van der Waals surface area contributed by atoms with Crippen LogP contribution in [0.15, 0.2) is 18.2 Å². The molecule has 4 nitrogen and oxygen atoms in total. The number of hydrogen-bond donors (Lipinski definition) is 1. The molecule has 1 atom stereocenters. The van der Waals surface area contributed by atoms with Crippen LogP contribution in [0.5, 0.6) is 5.75 Å². The van der Waals surface area contributed by atoms with Crippen molar-refractivity contribution in [2.45, 2.75) is 45.2 Å². The Kier molecular flexibility index (Phi) is 3.98. The molecule has 1 aliphatic heterocycles. The van der Waals surface area contributed by atoms with Crippen LogP contribution < -0.4 is 9.64 Å². The lowest BCUT2D eigenvalue weighted by Crippen LogP contribution is -2.38. The number of carbonyl (C=O) groups is 1. The quantitative estimate of drug-likeness (QED) is 0.887. The van der Waals surface area contributed by atoms with E-state index in [1.54, 1.807) is 7.11 Å². The summed E-state index contributed by atoms with van der Waals surface area (Å²) < 4.78 is 5.26. The van der Waals surface area contributed by atoms with Gasteiger partial charge in [0.2, 0.25) is 0 Å². The molecule has 1 aliphatic rings. The lowest BCUT2D eigenvalue weighted by Gasteiger charge is -2.31. The van der Waals surface area contributed by atoms with Crippen molar-refractivity contribution in [2.75, 3.05) is 12.0 Å². The average Bonchev–Trinajstić information content (AvgIpc) is 2.73. The van der Waals surface area contributed by atoms with Crippen molar-refractivity contribution in [3.63, 3.8) is 0 Å². The topological polar surface area (TPSA) is 49.8 Å². The van der Waals surface area contributed by atoms with Gasteiger partial charge in [-0.3, -0.25) is 4.79 Å². The maximum absolute atomic E-state index is 10.8. The molecule has 0 bridgehead atoms. The van der Waals surface area contributed by atoms with E-state index in [-0.39, 0.29) is 12.5 Å². The molecule has 104 valence electrons. The number of fused-ring (bicyclic) bond motifs is 1. The summed E-state index contributed by atoms with van der Waals surface area (Å²) in [6.45, 7) is 4.29. The van der Waals surface area contributed by atoms with Crippen LogP contribution in [0.4, 0.5) is 5.69 Å². The SMILES string of the molecule is COc1ccc2c(c1)CC(CCC(=O)O)N2C(C)C. The lowest BCUT2D eigenvalue weighted by molar-refractivity contribution is -0.137. The van der Waals surface area contributed by atoms with Gasteiger partial charge in [-0.2, -0.15) is 0 Å². The van der Waals surface area contributed by atoms with Gasteiger partial charge in [0.05, 0.1) is 7.11 Å². The Morgan fingerprint density at radius 3 is 2.84 bits per heavy atom. The van der Waals surface area contributed by atoms with Crippen molar-refractivity contribution >= 4 is 11.7 Å². The molecule has 0 fully saturated rings. The summed E-state index contributed by atoms with van der Waals surface area (Å²) in [4.78, 5) is 13.1. The van der Waals surface area contributed by atoms with Gasteiger partial charge in [-0.25, -0.2) is 0 Å². The zero-order valence-electron chi connectivity index (χ0n) is 11.7. The minimum absolute atomic E-state index is 0.221. The Bertz CT molecular complexity index is 470. The molecule has 0 spiro atoms. The van der Waals surface area contributed by atoms with Crippen LogP contribution in [-0.4, -0.2) is 30.3 Å². The van der Waals surface area contributed by atoms with Crippen LogP contribution in [0.1, 0.15) is 32.3 Å². The number of aliphatic carboxylic acids is 1. The predicted molar refractivity (Wildman–Crippen MR) is 75.0 cm³/mol. The van der Waals surface area contributed by atoms with Crippen molar-refractivity contribution in [2.24, 2.45) is 0 Å². The Morgan fingerprint density at radius 1 is 1.53 bits per heavy atom. The maximum atomic E-state index is 10.8. The van der Waals surface area contributed by atoms with Crippen LogP contribution in [-0.2, 0) is 11.2 Å². The first-order valence-corrected chi connectivity index (χ1v) is 6.70. The number of carboxylic acids is 1. The van der Waals surface area contributed by atoms with Crippen molar-refractivity contribution in [3.8, 4) is 5.75 Å². The van der Waals surface area contributed by atoms with Gasteiger partial charge in [-0.05, 0) is 50.5 Å². The van der Waals surface area contributed by atoms with Crippen molar-refractivity contribution in [1.29, 1.82) is 0 Å². The van der Waals surface area contributed by atoms with Crippen LogP contribution in [0, 0.1) is 0 Å². The second kappa shape index (κ2) is 5.51. The first-order valence-electron chi connectivity index (χ1n) is 6.70. The molecular weight excluding hydrogens is 242 g/mol. The second-order valence-electron chi connectivity index (χ2n) is 5.29. The summed E-state index contributed by atoms with van der Waals surface area (Å²) in [6, 6.07) is 6.75. The molecule has 19 heavy (non-hydrogen) atoms. The fourth-order valence-electron chi connectivity index (χ4n) is 2.88. The Labute approximate surface area is 114 Å². The van der Waals surface area contributed by atoms with Crippen molar-refractivity contribution in [3.05, 3.63) is 23.8 Å². The highest BCUT2D eigenvalue weighted by atomic mass is 16.5. The summed E-state index contributed by atoms with van der Waals surface area (Å²) in [5.41, 5.74) is 2.47. The number of ether oxygens (including phenoxy) is 1. The zero-order valence-corrected chi connectivity index (χ0v) is 11.7. The standard InChI is InChI=1S/C15H21NO3/c1-10(2)16-12(4-7-15(17)18)8-11-9-13(19-3)5-6-14(11)16/h5-6,9-10,12H,4,7-8H2,1-3H3,(H,17,18). The van der Waals surface area contributed by atoms with Gasteiger partial charge in [0.15, 0.2) is 0 Å². The van der Waals surface area contributed by atoms with Crippen molar-refractivity contribution < 1.29 is 14.6 Å². The summed E-state index contributed by atoms with van der Waals surface area (Å²) in [5, 5.41) is 8.86. The number of anilines is 1. The van der Waals surface area contributed by atoms with E-state index in [1.165, 1.54) is 11.3 Å². The normalized spacial score (nSPS) is 17.7. The molecule has 4 heteroatoms. The molecule has 2 rings (SSSR count). The molecular formula is C15H21NO3. The van der Waals surface area contributed by atoms with E-state index in [0.29, 0.717) is 12.5 Å². The molecule has 1 heterocycles. The Morgan fingerprint density at radius 2 is 2.26 bits per heavy atom. The first kappa shape index (κ1) is 13.7. The van der Waals surface area contributed by atoms with E-state index in [9.17, 15) is 4.79 Å². The summed E-state index contributed by atoms with van der Waals surface area (Å²) in [7, 11) is 1.67. The van der Waals surface area contributed by atoms with E-state index in [0.717, 1.165) is 12.2 Å². The van der Waals surface area contributed by atoms with Gasteiger partial charge in [0.25, 0.3) is 0 Å². The number of methoxy groups -OCH3 is 1. The summed E-state index contributed by atoms with van der Waals surface area (Å²) in [5.74, 6) is 0.138. The molecule has 0 amide bonds. The number of carboxylic acid groups (broad SMARTS) is 1. The van der Waals surface area contributed by atoms with Crippen LogP contribution in [0.25, 0.3) is 0 Å². The minimum atomic E-state index is -0.725. The third-order valence-electron chi connectivity index (χ3n) is 3.66. The van der Waals surface area contributed by atoms with E-state index in [2.05, 4.69) is 30.9 Å². The third-order valence-corrected chi connectivity index (χ3v) is 3.66. The zero-order chi connectivity index (χ0) is 14.0. The molecule has 0 saturated carbocycles. The van der Waals surface area contributed by atoms with Crippen LogP contribution in [0.3, 0.4) is 0 Å². The van der Waals surface area contributed by atoms with E-state index >= 15 is 0 Å². The fourth-order valence-corrected chi connectivity index (χ4v) is 2.88. The van der Waals surface area contributed by atoms with Gasteiger partial charge in [-0.15, -0.1) is 0 Å². The predicted octanol–water partition coefficient (Wildman–Crippen LogP) is 2.70. The molecule has 1 aromatic rings. The number of nitrogens with zero attached hydrogens (tertiary/aromatic N) is 1. The van der Waals surface area contributed by atoms with E-state index in [1.807, 2.05) is 6.07 Å². The van der Waals surface area contributed by atoms with Gasteiger partial charge in [0, 0.05) is 24.2 Å². The molecule has 0 aliphatic carbocycles. The van der Waals surface area contributed by atoms with Gasteiger partial charge in [0.1, 0.15) is 5.75 Å². The first-order chi connectivity index (χ1) is 9.02. The largest absolute Gasteiger partial charge is 0.497 e. The highest BCUT2D eigenvalue weighted by Crippen LogP contribution is 2.37. The van der Waals surface area contributed by atoms with Gasteiger partial charge >= 0.3 is 5.97 Å². The third kappa shape index (κ3) is 2.83. The number of benzene rings is 1. The number of rotatable bonds is 5. The van der Waals surface area contributed by atoms with Gasteiger partial charge < -0.3 is 14.7 Å². The summed E-state index contributed by atoms with van der Waals surface area (Å²) in [6.07, 6.45) is 1.81. The fraction of sp³-hybridized carbons (Fsp3) is 0.533. The smallest absolute Gasteiger partial charge is 0.303 e. The van der Waals surface area contributed by atoms with Crippen LogP contribution >= 0.6 is 0 Å². The molecule has 1 unspecified atom stereocenters.